The highest BCUT2D eigenvalue weighted by molar-refractivity contribution is 5.94. The predicted octanol–water partition coefficient (Wildman–Crippen LogP) is 0.580. The summed E-state index contributed by atoms with van der Waals surface area (Å²) in [5.41, 5.74) is -0.363. The number of aromatic carboxylic acids is 1. The van der Waals surface area contributed by atoms with Crippen molar-refractivity contribution in [2.45, 2.75) is 6.92 Å². The molecule has 1 aromatic heterocycles. The molecule has 0 atom stereocenters. The first kappa shape index (κ1) is 11.0. The largest absolute Gasteiger partial charge is 0.505 e. The maximum Gasteiger partial charge on any atom is 0.360 e. The van der Waals surface area contributed by atoms with Crippen molar-refractivity contribution in [2.75, 3.05) is 7.11 Å². The first-order chi connectivity index (χ1) is 6.99. The lowest BCUT2D eigenvalue weighted by molar-refractivity contribution is 0.0587. The van der Waals surface area contributed by atoms with Crippen LogP contribution in [0.2, 0.25) is 0 Å². The Labute approximate surface area is 85.1 Å². The van der Waals surface area contributed by atoms with Crippen LogP contribution >= 0.6 is 0 Å². The minimum Gasteiger partial charge on any atom is -0.505 e. The number of esters is 1. The second-order valence-corrected chi connectivity index (χ2v) is 2.79. The highest BCUT2D eigenvalue weighted by atomic mass is 16.5. The number of carboxylic acid groups (broad SMARTS) is 1. The Morgan fingerprint density at radius 3 is 2.53 bits per heavy atom. The zero-order chi connectivity index (χ0) is 11.6. The number of hydrogen-bond donors (Lipinski definition) is 2. The Bertz CT molecular complexity index is 427. The van der Waals surface area contributed by atoms with Crippen LogP contribution in [0.4, 0.5) is 0 Å². The molecule has 0 saturated heterocycles. The van der Waals surface area contributed by atoms with E-state index in [0.717, 1.165) is 13.3 Å². The fraction of sp³-hybridized carbons (Fsp3) is 0.222. The summed E-state index contributed by atoms with van der Waals surface area (Å²) in [6, 6.07) is 0. The Kier molecular flexibility index (Phi) is 2.89. The van der Waals surface area contributed by atoms with Crippen LogP contribution in [0.5, 0.6) is 5.75 Å². The molecule has 0 spiro atoms. The highest BCUT2D eigenvalue weighted by Crippen LogP contribution is 2.23. The summed E-state index contributed by atoms with van der Waals surface area (Å²) in [7, 11) is 1.14. The van der Waals surface area contributed by atoms with Crippen LogP contribution in [-0.4, -0.2) is 34.2 Å². The van der Waals surface area contributed by atoms with Gasteiger partial charge in [-0.15, -0.1) is 0 Å². The zero-order valence-electron chi connectivity index (χ0n) is 8.14. The van der Waals surface area contributed by atoms with Crippen molar-refractivity contribution in [1.82, 2.24) is 4.98 Å². The number of carbonyl (C=O) groups excluding carboxylic acids is 1. The summed E-state index contributed by atoms with van der Waals surface area (Å²) in [6.07, 6.45) is 1.00. The van der Waals surface area contributed by atoms with Crippen LogP contribution in [-0.2, 0) is 4.74 Å². The molecule has 0 saturated carbocycles. The molecular weight excluding hydrogens is 202 g/mol. The van der Waals surface area contributed by atoms with E-state index in [1.807, 2.05) is 0 Å². The molecule has 1 aromatic rings. The van der Waals surface area contributed by atoms with Crippen LogP contribution in [0.1, 0.15) is 26.4 Å². The third kappa shape index (κ3) is 1.88. The van der Waals surface area contributed by atoms with Crippen molar-refractivity contribution in [2.24, 2.45) is 0 Å². The molecule has 2 N–H and O–H groups in total. The lowest BCUT2D eigenvalue weighted by Crippen LogP contribution is -2.09. The SMILES string of the molecule is COC(=O)c1ncc(C(=O)O)c(C)c1O. The molecule has 0 bridgehead atoms. The van der Waals surface area contributed by atoms with Gasteiger partial charge in [-0.3, -0.25) is 0 Å². The van der Waals surface area contributed by atoms with Gasteiger partial charge in [-0.05, 0) is 6.92 Å². The van der Waals surface area contributed by atoms with Crippen LogP contribution in [0.3, 0.4) is 0 Å². The van der Waals surface area contributed by atoms with Crippen molar-refractivity contribution in [3.63, 3.8) is 0 Å². The lowest BCUT2D eigenvalue weighted by atomic mass is 10.1. The van der Waals surface area contributed by atoms with Crippen molar-refractivity contribution in [3.05, 3.63) is 23.0 Å². The summed E-state index contributed by atoms with van der Waals surface area (Å²) >= 11 is 0. The zero-order valence-corrected chi connectivity index (χ0v) is 8.14. The summed E-state index contributed by atoms with van der Waals surface area (Å²) in [5, 5.41) is 18.2. The van der Waals surface area contributed by atoms with Crippen molar-refractivity contribution < 1.29 is 24.5 Å². The molecule has 0 aliphatic heterocycles. The molecule has 0 unspecified atom stereocenters. The van der Waals surface area contributed by atoms with E-state index < -0.39 is 17.7 Å². The molecule has 0 radical (unpaired) electrons. The van der Waals surface area contributed by atoms with Gasteiger partial charge in [-0.25, -0.2) is 14.6 Å². The highest BCUT2D eigenvalue weighted by Gasteiger charge is 2.19. The summed E-state index contributed by atoms with van der Waals surface area (Å²) in [6.45, 7) is 1.38. The Balaban J connectivity index is 3.33. The molecule has 0 aromatic carbocycles. The number of pyridine rings is 1. The number of carboxylic acids is 1. The van der Waals surface area contributed by atoms with Crippen LogP contribution in [0.25, 0.3) is 0 Å². The first-order valence-electron chi connectivity index (χ1n) is 3.99. The lowest BCUT2D eigenvalue weighted by Gasteiger charge is -2.06. The summed E-state index contributed by atoms with van der Waals surface area (Å²) in [4.78, 5) is 25.3. The fourth-order valence-corrected chi connectivity index (χ4v) is 1.05. The van der Waals surface area contributed by atoms with Gasteiger partial charge in [0.05, 0.1) is 12.7 Å². The first-order valence-corrected chi connectivity index (χ1v) is 3.99. The van der Waals surface area contributed by atoms with Gasteiger partial charge in [0, 0.05) is 11.8 Å². The number of methoxy groups -OCH3 is 1. The van der Waals surface area contributed by atoms with Crippen molar-refractivity contribution in [3.8, 4) is 5.75 Å². The minimum absolute atomic E-state index is 0.0814. The van der Waals surface area contributed by atoms with Gasteiger partial charge in [0.1, 0.15) is 0 Å². The van der Waals surface area contributed by atoms with E-state index >= 15 is 0 Å². The summed E-state index contributed by atoms with van der Waals surface area (Å²) in [5.74, 6) is -2.50. The van der Waals surface area contributed by atoms with Gasteiger partial charge >= 0.3 is 11.9 Å². The number of carbonyl (C=O) groups is 2. The Morgan fingerprint density at radius 2 is 2.07 bits per heavy atom. The van der Waals surface area contributed by atoms with Gasteiger partial charge in [-0.1, -0.05) is 0 Å². The molecule has 6 heteroatoms. The van der Waals surface area contributed by atoms with E-state index in [0.29, 0.717) is 0 Å². The van der Waals surface area contributed by atoms with Gasteiger partial charge in [0.15, 0.2) is 11.4 Å². The van der Waals surface area contributed by atoms with Gasteiger partial charge in [0.2, 0.25) is 0 Å². The van der Waals surface area contributed by atoms with Gasteiger partial charge in [-0.2, -0.15) is 0 Å². The minimum atomic E-state index is -1.22. The number of ether oxygens (including phenoxy) is 1. The van der Waals surface area contributed by atoms with Crippen LogP contribution < -0.4 is 0 Å². The van der Waals surface area contributed by atoms with Crippen LogP contribution in [0.15, 0.2) is 6.20 Å². The molecule has 0 aliphatic carbocycles. The summed E-state index contributed by atoms with van der Waals surface area (Å²) < 4.78 is 4.36. The van der Waals surface area contributed by atoms with E-state index in [-0.39, 0.29) is 16.8 Å². The smallest absolute Gasteiger partial charge is 0.360 e. The molecule has 0 amide bonds. The third-order valence-electron chi connectivity index (χ3n) is 1.92. The third-order valence-corrected chi connectivity index (χ3v) is 1.92. The average molecular weight is 211 g/mol. The van der Waals surface area contributed by atoms with Gasteiger partial charge in [0.25, 0.3) is 0 Å². The van der Waals surface area contributed by atoms with Crippen molar-refractivity contribution >= 4 is 11.9 Å². The predicted molar refractivity (Wildman–Crippen MR) is 48.9 cm³/mol. The van der Waals surface area contributed by atoms with Crippen molar-refractivity contribution in [1.29, 1.82) is 0 Å². The Hall–Kier alpha value is -2.11. The second kappa shape index (κ2) is 3.95. The molecule has 0 aliphatic rings. The van der Waals surface area contributed by atoms with E-state index in [1.54, 1.807) is 0 Å². The molecule has 15 heavy (non-hydrogen) atoms. The maximum atomic E-state index is 11.1. The number of rotatable bonds is 2. The molecule has 80 valence electrons. The van der Waals surface area contributed by atoms with Gasteiger partial charge < -0.3 is 14.9 Å². The monoisotopic (exact) mass is 211 g/mol. The number of aromatic hydroxyl groups is 1. The number of aromatic nitrogens is 1. The van der Waals surface area contributed by atoms with E-state index in [2.05, 4.69) is 9.72 Å². The fourth-order valence-electron chi connectivity index (χ4n) is 1.05. The van der Waals surface area contributed by atoms with E-state index in [9.17, 15) is 14.7 Å². The normalized spacial score (nSPS) is 9.73. The topological polar surface area (TPSA) is 96.7 Å². The standard InChI is InChI=1S/C9H9NO5/c1-4-5(8(12)13)3-10-6(7(4)11)9(14)15-2/h3,11H,1-2H3,(H,12,13). The molecule has 1 rings (SSSR count). The molecule has 6 nitrogen and oxygen atoms in total. The number of nitrogens with zero attached hydrogens (tertiary/aromatic N) is 1. The Morgan fingerprint density at radius 1 is 1.47 bits per heavy atom. The number of hydrogen-bond acceptors (Lipinski definition) is 5. The molecule has 1 heterocycles. The molecular formula is C9H9NO5. The average Bonchev–Trinajstić information content (AvgIpc) is 2.20. The molecule has 0 fully saturated rings. The second-order valence-electron chi connectivity index (χ2n) is 2.79. The maximum absolute atomic E-state index is 11.1. The van der Waals surface area contributed by atoms with Crippen LogP contribution in [0, 0.1) is 6.92 Å². The van der Waals surface area contributed by atoms with E-state index in [1.165, 1.54) is 6.92 Å². The van der Waals surface area contributed by atoms with E-state index in [4.69, 9.17) is 5.11 Å². The quantitative estimate of drug-likeness (QED) is 0.694.